The molecule has 0 saturated heterocycles. The van der Waals surface area contributed by atoms with Crippen molar-refractivity contribution in [2.24, 2.45) is 0 Å². The maximum atomic E-state index is 12.0. The van der Waals surface area contributed by atoms with Crippen LogP contribution in [0.25, 0.3) is 10.9 Å². The van der Waals surface area contributed by atoms with Crippen molar-refractivity contribution in [3.05, 3.63) is 57.8 Å². The normalized spacial score (nSPS) is 10.9. The molecule has 0 spiro atoms. The topological polar surface area (TPSA) is 76.0 Å². The summed E-state index contributed by atoms with van der Waals surface area (Å²) in [6.07, 6.45) is 3.91. The fourth-order valence-corrected chi connectivity index (χ4v) is 3.51. The lowest BCUT2D eigenvalue weighted by Gasteiger charge is -2.12. The van der Waals surface area contributed by atoms with Gasteiger partial charge in [-0.15, -0.1) is 0 Å². The minimum absolute atomic E-state index is 0.0974. The molecule has 0 aliphatic carbocycles. The number of nitrogens with one attached hydrogen (secondary N) is 2. The molecule has 0 radical (unpaired) electrons. The average molecular weight is 419 g/mol. The molecule has 2 heterocycles. The maximum absolute atomic E-state index is 12.0. The van der Waals surface area contributed by atoms with Crippen molar-refractivity contribution >= 4 is 51.7 Å². The van der Waals surface area contributed by atoms with Gasteiger partial charge in [-0.2, -0.15) is 0 Å². The van der Waals surface area contributed by atoms with Gasteiger partial charge >= 0.3 is 0 Å². The summed E-state index contributed by atoms with van der Waals surface area (Å²) in [5.74, 6) is 0.207. The molecular weight excluding hydrogens is 399 g/mol. The third-order valence-electron chi connectivity index (χ3n) is 4.35. The number of rotatable bonds is 6. The van der Waals surface area contributed by atoms with E-state index in [9.17, 15) is 9.59 Å². The highest BCUT2D eigenvalue weighted by Crippen LogP contribution is 2.30. The molecular formula is C20H20Cl2N4O2. The Kier molecular flexibility index (Phi) is 6.21. The molecule has 1 aromatic carbocycles. The van der Waals surface area contributed by atoms with E-state index in [0.717, 1.165) is 10.9 Å². The molecule has 0 aliphatic heterocycles. The molecule has 2 amide bonds. The minimum atomic E-state index is -0.216. The van der Waals surface area contributed by atoms with Crippen molar-refractivity contribution in [1.29, 1.82) is 0 Å². The van der Waals surface area contributed by atoms with Crippen LogP contribution in [0, 0.1) is 0 Å². The summed E-state index contributed by atoms with van der Waals surface area (Å²) in [6.45, 7) is 4.58. The highest BCUT2D eigenvalue weighted by atomic mass is 35.5. The van der Waals surface area contributed by atoms with Crippen LogP contribution in [-0.4, -0.2) is 27.9 Å². The van der Waals surface area contributed by atoms with Crippen LogP contribution in [0.1, 0.15) is 36.2 Å². The summed E-state index contributed by atoms with van der Waals surface area (Å²) in [7, 11) is 0. The molecule has 28 heavy (non-hydrogen) atoms. The number of nitrogens with zero attached hydrogens (tertiary/aromatic N) is 2. The van der Waals surface area contributed by atoms with E-state index in [4.69, 9.17) is 23.2 Å². The Morgan fingerprint density at radius 1 is 1.14 bits per heavy atom. The second-order valence-corrected chi connectivity index (χ2v) is 7.03. The van der Waals surface area contributed by atoms with E-state index in [0.29, 0.717) is 46.5 Å². The van der Waals surface area contributed by atoms with Crippen LogP contribution in [0.15, 0.2) is 36.7 Å². The van der Waals surface area contributed by atoms with Crippen molar-refractivity contribution in [1.82, 2.24) is 14.9 Å². The quantitative estimate of drug-likeness (QED) is 0.618. The van der Waals surface area contributed by atoms with Crippen LogP contribution in [0.4, 0.5) is 5.82 Å². The van der Waals surface area contributed by atoms with Gasteiger partial charge in [-0.05, 0) is 31.2 Å². The van der Waals surface area contributed by atoms with Gasteiger partial charge in [0.1, 0.15) is 5.82 Å². The minimum Gasteiger partial charge on any atom is -0.352 e. The van der Waals surface area contributed by atoms with E-state index in [1.165, 1.54) is 0 Å². The van der Waals surface area contributed by atoms with E-state index < -0.39 is 0 Å². The van der Waals surface area contributed by atoms with Crippen LogP contribution in [-0.2, 0) is 11.3 Å². The molecule has 0 fully saturated rings. The summed E-state index contributed by atoms with van der Waals surface area (Å²) in [6, 6.07) is 6.99. The molecule has 8 heteroatoms. The number of benzene rings is 1. The van der Waals surface area contributed by atoms with Gasteiger partial charge in [0.05, 0.1) is 12.1 Å². The van der Waals surface area contributed by atoms with E-state index in [1.807, 2.05) is 29.8 Å². The molecule has 0 unspecified atom stereocenters. The van der Waals surface area contributed by atoms with Gasteiger partial charge in [-0.1, -0.05) is 30.1 Å². The van der Waals surface area contributed by atoms with Crippen LogP contribution in [0.2, 0.25) is 10.0 Å². The Labute approximate surface area is 172 Å². The number of hydrogen-bond donors (Lipinski definition) is 2. The fourth-order valence-electron chi connectivity index (χ4n) is 2.90. The SMILES string of the molecule is CCNC(=O)c1cc(Cl)c(Cn2ccc3c(NC(=O)CC)nccc32)c(Cl)c1. The molecule has 3 rings (SSSR count). The van der Waals surface area contributed by atoms with Crippen LogP contribution >= 0.6 is 23.2 Å². The Bertz CT molecular complexity index is 1020. The number of hydrogen-bond acceptors (Lipinski definition) is 3. The molecule has 2 aromatic heterocycles. The number of amides is 2. The molecule has 0 bridgehead atoms. The summed E-state index contributed by atoms with van der Waals surface area (Å²) in [5.41, 5.74) is 2.03. The van der Waals surface area contributed by atoms with Gasteiger partial charge < -0.3 is 15.2 Å². The average Bonchev–Trinajstić information content (AvgIpc) is 3.08. The van der Waals surface area contributed by atoms with Gasteiger partial charge in [0.25, 0.3) is 5.91 Å². The van der Waals surface area contributed by atoms with E-state index in [2.05, 4.69) is 15.6 Å². The molecule has 2 N–H and O–H groups in total. The smallest absolute Gasteiger partial charge is 0.251 e. The van der Waals surface area contributed by atoms with E-state index in [-0.39, 0.29) is 11.8 Å². The zero-order valence-corrected chi connectivity index (χ0v) is 17.1. The lowest BCUT2D eigenvalue weighted by Crippen LogP contribution is -2.22. The van der Waals surface area contributed by atoms with Gasteiger partial charge in [0.15, 0.2) is 0 Å². The first kappa shape index (κ1) is 20.2. The number of aromatic nitrogens is 2. The van der Waals surface area contributed by atoms with Crippen LogP contribution in [0.3, 0.4) is 0 Å². The lowest BCUT2D eigenvalue weighted by molar-refractivity contribution is -0.115. The Hall–Kier alpha value is -2.57. The number of anilines is 1. The van der Waals surface area contributed by atoms with Crippen LogP contribution < -0.4 is 10.6 Å². The number of carbonyl (C=O) groups is 2. The van der Waals surface area contributed by atoms with Crippen LogP contribution in [0.5, 0.6) is 0 Å². The summed E-state index contributed by atoms with van der Waals surface area (Å²) >= 11 is 12.8. The highest BCUT2D eigenvalue weighted by Gasteiger charge is 2.15. The number of halogens is 2. The first-order chi connectivity index (χ1) is 13.4. The van der Waals surface area contributed by atoms with Gasteiger partial charge in [0.2, 0.25) is 5.91 Å². The number of pyridine rings is 1. The number of fused-ring (bicyclic) bond motifs is 1. The molecule has 0 saturated carbocycles. The van der Waals surface area contributed by atoms with Crippen molar-refractivity contribution in [3.8, 4) is 0 Å². The number of carbonyl (C=O) groups excluding carboxylic acids is 2. The monoisotopic (exact) mass is 418 g/mol. The summed E-state index contributed by atoms with van der Waals surface area (Å²) < 4.78 is 1.97. The fraction of sp³-hybridized carbons (Fsp3) is 0.250. The maximum Gasteiger partial charge on any atom is 0.251 e. The zero-order chi connectivity index (χ0) is 20.3. The Balaban J connectivity index is 1.94. The van der Waals surface area contributed by atoms with Crippen molar-refractivity contribution in [2.45, 2.75) is 26.8 Å². The predicted molar refractivity (Wildman–Crippen MR) is 112 cm³/mol. The second kappa shape index (κ2) is 8.63. The molecule has 0 aliphatic rings. The highest BCUT2D eigenvalue weighted by molar-refractivity contribution is 6.36. The molecule has 146 valence electrons. The van der Waals surface area contributed by atoms with Gasteiger partial charge in [-0.3, -0.25) is 9.59 Å². The van der Waals surface area contributed by atoms with E-state index >= 15 is 0 Å². The summed E-state index contributed by atoms with van der Waals surface area (Å²) in [4.78, 5) is 28.0. The molecule has 3 aromatic rings. The first-order valence-corrected chi connectivity index (χ1v) is 9.70. The van der Waals surface area contributed by atoms with Gasteiger partial charge in [-0.25, -0.2) is 4.98 Å². The van der Waals surface area contributed by atoms with Crippen molar-refractivity contribution < 1.29 is 9.59 Å². The summed E-state index contributed by atoms with van der Waals surface area (Å²) in [5, 5.41) is 7.21. The van der Waals surface area contributed by atoms with Crippen molar-refractivity contribution in [2.75, 3.05) is 11.9 Å². The predicted octanol–water partition coefficient (Wildman–Crippen LogP) is 4.49. The Morgan fingerprint density at radius 2 is 1.86 bits per heavy atom. The second-order valence-electron chi connectivity index (χ2n) is 6.22. The first-order valence-electron chi connectivity index (χ1n) is 8.94. The van der Waals surface area contributed by atoms with Crippen molar-refractivity contribution in [3.63, 3.8) is 0 Å². The third kappa shape index (κ3) is 4.13. The lowest BCUT2D eigenvalue weighted by atomic mass is 10.1. The zero-order valence-electron chi connectivity index (χ0n) is 15.6. The largest absolute Gasteiger partial charge is 0.352 e. The Morgan fingerprint density at radius 3 is 2.50 bits per heavy atom. The standard InChI is InChI=1S/C20H20Cl2N4O2/c1-3-18(27)25-19-13-6-8-26(17(13)5-7-24-19)11-14-15(21)9-12(10-16(14)22)20(28)23-4-2/h5-10H,3-4,11H2,1-2H3,(H,23,28)(H,24,25,27). The van der Waals surface area contributed by atoms with E-state index in [1.54, 1.807) is 25.3 Å². The molecule has 6 nitrogen and oxygen atoms in total. The molecule has 0 atom stereocenters. The van der Waals surface area contributed by atoms with Gasteiger partial charge in [0, 0.05) is 51.9 Å². The third-order valence-corrected chi connectivity index (χ3v) is 5.02.